The van der Waals surface area contributed by atoms with Crippen molar-refractivity contribution in [2.75, 3.05) is 19.0 Å². The first-order valence-electron chi connectivity index (χ1n) is 6.41. The summed E-state index contributed by atoms with van der Waals surface area (Å²) in [5, 5.41) is 2.70. The number of methoxy groups -OCH3 is 1. The van der Waals surface area contributed by atoms with Crippen LogP contribution < -0.4 is 14.8 Å². The van der Waals surface area contributed by atoms with E-state index in [1.165, 1.54) is 18.2 Å². The third-order valence-corrected chi connectivity index (χ3v) is 2.87. The summed E-state index contributed by atoms with van der Waals surface area (Å²) in [5.41, 5.74) is 1.30. The van der Waals surface area contributed by atoms with Crippen LogP contribution in [0.1, 0.15) is 5.56 Å². The smallest absolute Gasteiger partial charge is 0.262 e. The van der Waals surface area contributed by atoms with Gasteiger partial charge in [0.1, 0.15) is 17.3 Å². The van der Waals surface area contributed by atoms with Crippen LogP contribution in [-0.2, 0) is 4.79 Å². The van der Waals surface area contributed by atoms with Crippen molar-refractivity contribution in [1.29, 1.82) is 0 Å². The molecule has 5 heteroatoms. The Morgan fingerprint density at radius 2 is 1.90 bits per heavy atom. The fraction of sp³-hybridized carbons (Fsp3) is 0.188. The van der Waals surface area contributed by atoms with Crippen LogP contribution in [0.15, 0.2) is 42.5 Å². The van der Waals surface area contributed by atoms with Gasteiger partial charge in [-0.1, -0.05) is 0 Å². The van der Waals surface area contributed by atoms with E-state index in [1.54, 1.807) is 38.3 Å². The minimum atomic E-state index is -0.331. The zero-order valence-electron chi connectivity index (χ0n) is 11.9. The lowest BCUT2D eigenvalue weighted by molar-refractivity contribution is -0.118. The summed E-state index contributed by atoms with van der Waals surface area (Å²) in [6.07, 6.45) is 0. The molecule has 1 N–H and O–H groups in total. The first kappa shape index (κ1) is 14.8. The van der Waals surface area contributed by atoms with Gasteiger partial charge in [-0.15, -0.1) is 0 Å². The van der Waals surface area contributed by atoms with Gasteiger partial charge in [0.2, 0.25) is 0 Å². The molecule has 4 nitrogen and oxygen atoms in total. The van der Waals surface area contributed by atoms with Crippen LogP contribution in [0.25, 0.3) is 0 Å². The largest absolute Gasteiger partial charge is 0.497 e. The van der Waals surface area contributed by atoms with Gasteiger partial charge in [0, 0.05) is 5.69 Å². The van der Waals surface area contributed by atoms with Crippen LogP contribution in [0.5, 0.6) is 11.5 Å². The highest BCUT2D eigenvalue weighted by Gasteiger charge is 2.06. The summed E-state index contributed by atoms with van der Waals surface area (Å²) in [6, 6.07) is 11.1. The van der Waals surface area contributed by atoms with Gasteiger partial charge in [-0.3, -0.25) is 4.79 Å². The Morgan fingerprint density at radius 1 is 1.19 bits per heavy atom. The first-order chi connectivity index (χ1) is 10.1. The minimum Gasteiger partial charge on any atom is -0.497 e. The van der Waals surface area contributed by atoms with E-state index in [2.05, 4.69) is 5.32 Å². The molecule has 0 spiro atoms. The van der Waals surface area contributed by atoms with E-state index in [0.29, 0.717) is 22.7 Å². The lowest BCUT2D eigenvalue weighted by Gasteiger charge is -2.10. The summed E-state index contributed by atoms with van der Waals surface area (Å²) < 4.78 is 23.4. The average Bonchev–Trinajstić information content (AvgIpc) is 2.47. The number of benzene rings is 2. The Hall–Kier alpha value is -2.56. The van der Waals surface area contributed by atoms with Crippen LogP contribution >= 0.6 is 0 Å². The van der Waals surface area contributed by atoms with Crippen LogP contribution in [0.4, 0.5) is 10.1 Å². The number of anilines is 1. The number of ether oxygens (including phenoxy) is 2. The van der Waals surface area contributed by atoms with Crippen molar-refractivity contribution in [1.82, 2.24) is 0 Å². The highest BCUT2D eigenvalue weighted by molar-refractivity contribution is 5.91. The molecule has 0 heterocycles. The number of amides is 1. The molecular formula is C16H16FNO3. The normalized spacial score (nSPS) is 10.0. The standard InChI is InChI=1S/C16H16FNO3/c1-11-9-12(17)3-8-15(11)21-10-16(19)18-13-4-6-14(20-2)7-5-13/h3-9H,10H2,1-2H3,(H,18,19). The molecular weight excluding hydrogens is 273 g/mol. The highest BCUT2D eigenvalue weighted by atomic mass is 19.1. The second-order valence-electron chi connectivity index (χ2n) is 4.48. The molecule has 0 unspecified atom stereocenters. The monoisotopic (exact) mass is 289 g/mol. The third-order valence-electron chi connectivity index (χ3n) is 2.87. The Kier molecular flexibility index (Phi) is 4.77. The number of rotatable bonds is 5. The number of hydrogen-bond donors (Lipinski definition) is 1. The van der Waals surface area contributed by atoms with Gasteiger partial charge in [0.05, 0.1) is 7.11 Å². The highest BCUT2D eigenvalue weighted by Crippen LogP contribution is 2.18. The summed E-state index contributed by atoms with van der Waals surface area (Å²) >= 11 is 0. The van der Waals surface area contributed by atoms with Crippen LogP contribution in [0.2, 0.25) is 0 Å². The van der Waals surface area contributed by atoms with Gasteiger partial charge < -0.3 is 14.8 Å². The topological polar surface area (TPSA) is 47.6 Å². The molecule has 2 aromatic rings. The van der Waals surface area contributed by atoms with Gasteiger partial charge in [-0.05, 0) is 55.0 Å². The van der Waals surface area contributed by atoms with Crippen molar-refractivity contribution < 1.29 is 18.7 Å². The summed E-state index contributed by atoms with van der Waals surface area (Å²) in [5.74, 6) is 0.582. The number of carbonyl (C=O) groups excluding carboxylic acids is 1. The lowest BCUT2D eigenvalue weighted by atomic mass is 10.2. The molecule has 21 heavy (non-hydrogen) atoms. The Morgan fingerprint density at radius 3 is 2.52 bits per heavy atom. The van der Waals surface area contributed by atoms with Gasteiger partial charge in [-0.25, -0.2) is 4.39 Å². The molecule has 0 fully saturated rings. The van der Waals surface area contributed by atoms with Crippen molar-refractivity contribution in [2.24, 2.45) is 0 Å². The minimum absolute atomic E-state index is 0.140. The third kappa shape index (κ3) is 4.21. The maximum absolute atomic E-state index is 13.0. The van der Waals surface area contributed by atoms with Gasteiger partial charge >= 0.3 is 0 Å². The van der Waals surface area contributed by atoms with Crippen LogP contribution in [0.3, 0.4) is 0 Å². The van der Waals surface area contributed by atoms with E-state index in [0.717, 1.165) is 0 Å². The van der Waals surface area contributed by atoms with E-state index in [1.807, 2.05) is 0 Å². The van der Waals surface area contributed by atoms with E-state index in [9.17, 15) is 9.18 Å². The molecule has 2 rings (SSSR count). The number of hydrogen-bond acceptors (Lipinski definition) is 3. The molecule has 0 atom stereocenters. The van der Waals surface area contributed by atoms with E-state index in [4.69, 9.17) is 9.47 Å². The van der Waals surface area contributed by atoms with Crippen molar-refractivity contribution in [3.8, 4) is 11.5 Å². The summed E-state index contributed by atoms with van der Waals surface area (Å²) in [4.78, 5) is 11.8. The van der Waals surface area contributed by atoms with Gasteiger partial charge in [0.15, 0.2) is 6.61 Å². The maximum atomic E-state index is 13.0. The summed E-state index contributed by atoms with van der Waals surface area (Å²) in [6.45, 7) is 1.58. The van der Waals surface area contributed by atoms with Crippen molar-refractivity contribution in [2.45, 2.75) is 6.92 Å². The second kappa shape index (κ2) is 6.74. The van der Waals surface area contributed by atoms with Crippen molar-refractivity contribution >= 4 is 11.6 Å². The van der Waals surface area contributed by atoms with E-state index < -0.39 is 0 Å². The fourth-order valence-corrected chi connectivity index (χ4v) is 1.79. The van der Waals surface area contributed by atoms with Gasteiger partial charge in [0.25, 0.3) is 5.91 Å². The second-order valence-corrected chi connectivity index (χ2v) is 4.48. The van der Waals surface area contributed by atoms with Crippen molar-refractivity contribution in [3.05, 3.63) is 53.8 Å². The molecule has 0 saturated heterocycles. The predicted molar refractivity (Wildman–Crippen MR) is 78.3 cm³/mol. The molecule has 1 amide bonds. The number of aryl methyl sites for hydroxylation is 1. The summed E-state index contributed by atoms with van der Waals surface area (Å²) in [7, 11) is 1.58. The SMILES string of the molecule is COc1ccc(NC(=O)COc2ccc(F)cc2C)cc1. The van der Waals surface area contributed by atoms with E-state index in [-0.39, 0.29) is 18.3 Å². The first-order valence-corrected chi connectivity index (χ1v) is 6.41. The zero-order valence-corrected chi connectivity index (χ0v) is 11.9. The Balaban J connectivity index is 1.89. The number of nitrogens with one attached hydrogen (secondary N) is 1. The maximum Gasteiger partial charge on any atom is 0.262 e. The Labute approximate surface area is 122 Å². The van der Waals surface area contributed by atoms with E-state index >= 15 is 0 Å². The van der Waals surface area contributed by atoms with Crippen molar-refractivity contribution in [3.63, 3.8) is 0 Å². The molecule has 0 aromatic heterocycles. The molecule has 0 bridgehead atoms. The van der Waals surface area contributed by atoms with Crippen LogP contribution in [-0.4, -0.2) is 19.6 Å². The fourth-order valence-electron chi connectivity index (χ4n) is 1.79. The molecule has 110 valence electrons. The lowest BCUT2D eigenvalue weighted by Crippen LogP contribution is -2.20. The number of carbonyl (C=O) groups is 1. The molecule has 0 aliphatic heterocycles. The van der Waals surface area contributed by atoms with Gasteiger partial charge in [-0.2, -0.15) is 0 Å². The molecule has 2 aromatic carbocycles. The Bertz CT molecular complexity index is 626. The zero-order chi connectivity index (χ0) is 15.2. The number of halogens is 1. The predicted octanol–water partition coefficient (Wildman–Crippen LogP) is 3.16. The average molecular weight is 289 g/mol. The molecule has 0 aliphatic rings. The molecule has 0 radical (unpaired) electrons. The molecule has 0 aliphatic carbocycles. The quantitative estimate of drug-likeness (QED) is 0.919. The molecule has 0 saturated carbocycles. The van der Waals surface area contributed by atoms with Crippen LogP contribution in [0, 0.1) is 12.7 Å².